The molecule has 0 spiro atoms. The van der Waals surface area contributed by atoms with Crippen molar-refractivity contribution in [3.8, 4) is 0 Å². The van der Waals surface area contributed by atoms with Gasteiger partial charge < -0.3 is 5.73 Å². The van der Waals surface area contributed by atoms with E-state index >= 15 is 0 Å². The first-order chi connectivity index (χ1) is 12.5. The molecule has 1 fully saturated rings. The minimum Gasteiger partial charge on any atom is -0.383 e. The molecule has 2 aliphatic rings. The predicted molar refractivity (Wildman–Crippen MR) is 107 cm³/mol. The smallest absolute Gasteiger partial charge is 0.283 e. The lowest BCUT2D eigenvalue weighted by Crippen LogP contribution is -2.17. The Bertz CT molecular complexity index is 1040. The van der Waals surface area contributed by atoms with Crippen molar-refractivity contribution in [1.82, 2.24) is 14.6 Å². The highest BCUT2D eigenvalue weighted by atomic mass is 79.9. The third kappa shape index (κ3) is 3.19. The Balaban J connectivity index is 1.80. The van der Waals surface area contributed by atoms with Crippen LogP contribution in [-0.4, -0.2) is 20.4 Å². The molecule has 6 nitrogen and oxygen atoms in total. The highest BCUT2D eigenvalue weighted by Gasteiger charge is 2.22. The van der Waals surface area contributed by atoms with E-state index in [-0.39, 0.29) is 17.2 Å². The number of hydrogen-bond donors (Lipinski definition) is 1. The zero-order valence-electron chi connectivity index (χ0n) is 13.9. The van der Waals surface area contributed by atoms with Crippen molar-refractivity contribution in [2.75, 3.05) is 5.73 Å². The molecule has 0 bridgehead atoms. The lowest BCUT2D eigenvalue weighted by Gasteiger charge is -2.18. The maximum atomic E-state index is 12.5. The van der Waals surface area contributed by atoms with Gasteiger partial charge in [0.2, 0.25) is 4.96 Å². The molecule has 2 aromatic heterocycles. The Morgan fingerprint density at radius 3 is 2.77 bits per heavy atom. The van der Waals surface area contributed by atoms with Gasteiger partial charge in [0, 0.05) is 16.0 Å². The van der Waals surface area contributed by atoms with Gasteiger partial charge in [0.05, 0.1) is 5.56 Å². The van der Waals surface area contributed by atoms with Crippen LogP contribution in [0.25, 0.3) is 11.0 Å². The molecule has 4 rings (SSSR count). The fraction of sp³-hybridized carbons (Fsp3) is 0.333. The number of anilines is 1. The van der Waals surface area contributed by atoms with Crippen LogP contribution < -0.4 is 11.3 Å². The van der Waals surface area contributed by atoms with Crippen molar-refractivity contribution < 1.29 is 4.79 Å². The van der Waals surface area contributed by atoms with Crippen molar-refractivity contribution >= 4 is 49.9 Å². The maximum absolute atomic E-state index is 12.5. The number of ketones is 1. The van der Waals surface area contributed by atoms with Gasteiger partial charge in [0.1, 0.15) is 10.8 Å². The Morgan fingerprint density at radius 1 is 1.23 bits per heavy atom. The van der Waals surface area contributed by atoms with Gasteiger partial charge in [-0.05, 0) is 37.1 Å². The first-order valence-electron chi connectivity index (χ1n) is 8.53. The molecular weight excluding hydrogens is 416 g/mol. The monoisotopic (exact) mass is 432 g/mol. The van der Waals surface area contributed by atoms with Gasteiger partial charge in [0.15, 0.2) is 5.78 Å². The van der Waals surface area contributed by atoms with Gasteiger partial charge in [-0.1, -0.05) is 46.5 Å². The van der Waals surface area contributed by atoms with Crippen molar-refractivity contribution in [3.63, 3.8) is 0 Å². The number of halogens is 1. The molecule has 2 aliphatic carbocycles. The Labute approximate surface area is 162 Å². The summed E-state index contributed by atoms with van der Waals surface area (Å²) >= 11 is 4.76. The van der Waals surface area contributed by atoms with Gasteiger partial charge in [-0.2, -0.15) is 14.6 Å². The molecule has 0 saturated heterocycles. The van der Waals surface area contributed by atoms with Crippen molar-refractivity contribution in [3.05, 3.63) is 49.2 Å². The number of rotatable bonds is 2. The quantitative estimate of drug-likeness (QED) is 0.732. The predicted octanol–water partition coefficient (Wildman–Crippen LogP) is 3.58. The number of carbonyl (C=O) groups excluding carboxylic acids is 1. The first-order valence-corrected chi connectivity index (χ1v) is 10.1. The molecule has 0 amide bonds. The molecule has 8 heteroatoms. The van der Waals surface area contributed by atoms with Gasteiger partial charge in [-0.25, -0.2) is 0 Å². The summed E-state index contributed by atoms with van der Waals surface area (Å²) in [7, 11) is 0. The molecule has 2 aromatic rings. The summed E-state index contributed by atoms with van der Waals surface area (Å²) in [5.41, 5.74) is 6.35. The zero-order chi connectivity index (χ0) is 18.3. The average Bonchev–Trinajstić information content (AvgIpc) is 3.06. The molecule has 26 heavy (non-hydrogen) atoms. The molecule has 2 N–H and O–H groups in total. The Hall–Kier alpha value is -2.06. The first kappa shape index (κ1) is 17.4. The van der Waals surface area contributed by atoms with E-state index in [4.69, 9.17) is 5.73 Å². The third-order valence-electron chi connectivity index (χ3n) is 4.73. The molecule has 0 aliphatic heterocycles. The summed E-state index contributed by atoms with van der Waals surface area (Å²) in [5.74, 6) is 0.451. The molecular formula is C18H17BrN4O2S. The summed E-state index contributed by atoms with van der Waals surface area (Å²) in [6.45, 7) is 0. The number of nitrogen functional groups attached to an aromatic ring is 1. The SMILES string of the molecule is Nc1c(/C=C2\C=C(Br)C=CC2=O)c(=O)nc2sc(C3CCCCC3)nn12. The highest BCUT2D eigenvalue weighted by molar-refractivity contribution is 9.11. The van der Waals surface area contributed by atoms with Crippen LogP contribution in [0.4, 0.5) is 5.82 Å². The van der Waals surface area contributed by atoms with E-state index in [9.17, 15) is 9.59 Å². The van der Waals surface area contributed by atoms with Gasteiger partial charge in [-0.15, -0.1) is 0 Å². The van der Waals surface area contributed by atoms with Crippen molar-refractivity contribution in [2.24, 2.45) is 0 Å². The number of nitrogens with zero attached hydrogens (tertiary/aromatic N) is 3. The standard InChI is InChI=1S/C18H17BrN4O2S/c19-12-6-7-14(24)11(8-12)9-13-15(20)23-18(21-16(13)25)26-17(22-23)10-4-2-1-3-5-10/h6-10H,1-5,20H2/b11-9+. The minimum atomic E-state index is -0.444. The number of hydrogen-bond acceptors (Lipinski definition) is 6. The van der Waals surface area contributed by atoms with Crippen LogP contribution in [-0.2, 0) is 4.79 Å². The summed E-state index contributed by atoms with van der Waals surface area (Å²) in [6.07, 6.45) is 12.2. The van der Waals surface area contributed by atoms with E-state index in [0.717, 1.165) is 22.3 Å². The van der Waals surface area contributed by atoms with Crippen molar-refractivity contribution in [1.29, 1.82) is 0 Å². The van der Waals surface area contributed by atoms with Gasteiger partial charge in [-0.3, -0.25) is 9.59 Å². The molecule has 134 valence electrons. The van der Waals surface area contributed by atoms with Crippen LogP contribution in [0.2, 0.25) is 0 Å². The fourth-order valence-corrected chi connectivity index (χ4v) is 4.78. The van der Waals surface area contributed by atoms with Crippen LogP contribution in [0, 0.1) is 0 Å². The van der Waals surface area contributed by atoms with Crippen molar-refractivity contribution in [2.45, 2.75) is 38.0 Å². The van der Waals surface area contributed by atoms with Gasteiger partial charge >= 0.3 is 0 Å². The van der Waals surface area contributed by atoms with Crippen LogP contribution in [0.5, 0.6) is 0 Å². The van der Waals surface area contributed by atoms with Crippen LogP contribution in [0.15, 0.2) is 33.1 Å². The highest BCUT2D eigenvalue weighted by Crippen LogP contribution is 2.35. The van der Waals surface area contributed by atoms with E-state index in [0.29, 0.717) is 16.5 Å². The van der Waals surface area contributed by atoms with Crippen LogP contribution >= 0.6 is 27.3 Å². The molecule has 0 radical (unpaired) electrons. The Kier molecular flexibility index (Phi) is 4.62. The zero-order valence-corrected chi connectivity index (χ0v) is 16.3. The lowest BCUT2D eigenvalue weighted by molar-refractivity contribution is -0.111. The number of carbonyl (C=O) groups is 1. The van der Waals surface area contributed by atoms with E-state index < -0.39 is 5.56 Å². The number of aromatic nitrogens is 3. The number of nitrogens with two attached hydrogens (primary N) is 1. The number of fused-ring (bicyclic) bond motifs is 1. The summed E-state index contributed by atoms with van der Waals surface area (Å²) in [5, 5.41) is 5.60. The van der Waals surface area contributed by atoms with Crippen LogP contribution in [0.1, 0.15) is 48.6 Å². The topological polar surface area (TPSA) is 90.4 Å². The maximum Gasteiger partial charge on any atom is 0.283 e. The van der Waals surface area contributed by atoms with E-state index in [1.165, 1.54) is 47.3 Å². The fourth-order valence-electron chi connectivity index (χ4n) is 3.33. The lowest BCUT2D eigenvalue weighted by atomic mass is 9.90. The number of allylic oxidation sites excluding steroid dienone is 5. The normalized spacial score (nSPS) is 20.1. The Morgan fingerprint density at radius 2 is 2.00 bits per heavy atom. The summed E-state index contributed by atoms with van der Waals surface area (Å²) in [6, 6.07) is 0. The van der Waals surface area contributed by atoms with Gasteiger partial charge in [0.25, 0.3) is 5.56 Å². The van der Waals surface area contributed by atoms with Crippen LogP contribution in [0.3, 0.4) is 0 Å². The van der Waals surface area contributed by atoms with E-state index in [1.54, 1.807) is 12.2 Å². The second kappa shape index (κ2) is 6.92. The average molecular weight is 433 g/mol. The minimum absolute atomic E-state index is 0.182. The second-order valence-electron chi connectivity index (χ2n) is 6.51. The largest absolute Gasteiger partial charge is 0.383 e. The molecule has 2 heterocycles. The molecule has 1 saturated carbocycles. The summed E-state index contributed by atoms with van der Waals surface area (Å²) in [4.78, 5) is 29.1. The molecule has 0 aromatic carbocycles. The van der Waals surface area contributed by atoms with E-state index in [2.05, 4.69) is 26.0 Å². The molecule has 0 unspecified atom stereocenters. The van der Waals surface area contributed by atoms with E-state index in [1.807, 2.05) is 0 Å². The molecule has 0 atom stereocenters. The third-order valence-corrected chi connectivity index (χ3v) is 6.30. The second-order valence-corrected chi connectivity index (χ2v) is 8.42. The summed E-state index contributed by atoms with van der Waals surface area (Å²) < 4.78 is 2.29.